The van der Waals surface area contributed by atoms with Gasteiger partial charge in [-0.05, 0) is 60.2 Å². The normalized spacial score (nSPS) is 10.8. The molecule has 158 valence electrons. The van der Waals surface area contributed by atoms with Crippen LogP contribution in [0.25, 0.3) is 0 Å². The Bertz CT molecular complexity index is 1220. The van der Waals surface area contributed by atoms with Crippen molar-refractivity contribution >= 4 is 34.5 Å². The molecule has 0 bridgehead atoms. The molecule has 5 nitrogen and oxygen atoms in total. The van der Waals surface area contributed by atoms with Gasteiger partial charge < -0.3 is 10.1 Å². The number of hydrogen-bond donors (Lipinski definition) is 1. The lowest BCUT2D eigenvalue weighted by atomic mass is 10.1. The van der Waals surface area contributed by atoms with Crippen LogP contribution in [0, 0.1) is 13.8 Å². The molecule has 0 atom stereocenters. The number of aryl methyl sites for hydroxylation is 2. The number of rotatable bonds is 7. The first-order chi connectivity index (χ1) is 15.0. The summed E-state index contributed by atoms with van der Waals surface area (Å²) in [5.74, 6) is 0.703. The Balaban J connectivity index is 1.35. The lowest BCUT2D eigenvalue weighted by molar-refractivity contribution is 0.103. The lowest BCUT2D eigenvalue weighted by Gasteiger charge is -2.08. The standard InChI is InChI=1S/C24H22ClN3O2S/c1-16-6-7-17(2)22(8-16)30-14-19-10-23(31-15-19)24(29)27-21-11-26-28(13-21)12-18-4-3-5-20(25)9-18/h3-11,13,15H,12,14H2,1-2H3,(H,27,29). The van der Waals surface area contributed by atoms with Crippen molar-refractivity contribution in [3.8, 4) is 5.75 Å². The van der Waals surface area contributed by atoms with Crippen molar-refractivity contribution in [3.63, 3.8) is 0 Å². The van der Waals surface area contributed by atoms with Crippen LogP contribution in [0.5, 0.6) is 5.75 Å². The van der Waals surface area contributed by atoms with Gasteiger partial charge in [0.1, 0.15) is 12.4 Å². The quantitative estimate of drug-likeness (QED) is 0.369. The third kappa shape index (κ3) is 5.54. The maximum absolute atomic E-state index is 12.6. The molecule has 2 heterocycles. The molecular formula is C24H22ClN3O2S. The zero-order valence-corrected chi connectivity index (χ0v) is 18.8. The first-order valence-corrected chi connectivity index (χ1v) is 11.1. The zero-order valence-electron chi connectivity index (χ0n) is 17.3. The van der Waals surface area contributed by atoms with Crippen LogP contribution in [-0.2, 0) is 13.2 Å². The molecule has 0 aliphatic rings. The predicted molar refractivity (Wildman–Crippen MR) is 125 cm³/mol. The molecular weight excluding hydrogens is 430 g/mol. The summed E-state index contributed by atoms with van der Waals surface area (Å²) >= 11 is 7.43. The average molecular weight is 452 g/mol. The topological polar surface area (TPSA) is 56.1 Å². The first-order valence-electron chi connectivity index (χ1n) is 9.82. The zero-order chi connectivity index (χ0) is 21.8. The Labute approximate surface area is 190 Å². The minimum Gasteiger partial charge on any atom is -0.489 e. The van der Waals surface area contributed by atoms with E-state index >= 15 is 0 Å². The van der Waals surface area contributed by atoms with E-state index in [1.54, 1.807) is 17.1 Å². The van der Waals surface area contributed by atoms with Crippen LogP contribution < -0.4 is 10.1 Å². The Morgan fingerprint density at radius 3 is 2.87 bits per heavy atom. The molecule has 0 aliphatic carbocycles. The van der Waals surface area contributed by atoms with Gasteiger partial charge in [0, 0.05) is 16.8 Å². The van der Waals surface area contributed by atoms with E-state index in [-0.39, 0.29) is 5.91 Å². The number of anilines is 1. The third-order valence-corrected chi connectivity index (χ3v) is 5.95. The monoisotopic (exact) mass is 451 g/mol. The summed E-state index contributed by atoms with van der Waals surface area (Å²) in [6.45, 7) is 5.06. The van der Waals surface area contributed by atoms with Crippen molar-refractivity contribution in [2.24, 2.45) is 0 Å². The molecule has 4 rings (SSSR count). The van der Waals surface area contributed by atoms with Gasteiger partial charge in [0.25, 0.3) is 5.91 Å². The number of nitrogens with one attached hydrogen (secondary N) is 1. The van der Waals surface area contributed by atoms with Crippen LogP contribution in [0.4, 0.5) is 5.69 Å². The molecule has 1 N–H and O–H groups in total. The fourth-order valence-corrected chi connectivity index (χ4v) is 4.13. The van der Waals surface area contributed by atoms with Crippen LogP contribution in [-0.4, -0.2) is 15.7 Å². The Morgan fingerprint density at radius 1 is 1.16 bits per heavy atom. The van der Waals surface area contributed by atoms with Gasteiger partial charge in [0.05, 0.1) is 23.3 Å². The molecule has 31 heavy (non-hydrogen) atoms. The second-order valence-corrected chi connectivity index (χ2v) is 8.74. The number of benzene rings is 2. The minimum absolute atomic E-state index is 0.162. The number of carbonyl (C=O) groups excluding carboxylic acids is 1. The van der Waals surface area contributed by atoms with E-state index in [9.17, 15) is 4.79 Å². The number of amides is 1. The van der Waals surface area contributed by atoms with Crippen LogP contribution >= 0.6 is 22.9 Å². The van der Waals surface area contributed by atoms with Gasteiger partial charge in [0.15, 0.2) is 0 Å². The van der Waals surface area contributed by atoms with Gasteiger partial charge in [-0.3, -0.25) is 9.48 Å². The van der Waals surface area contributed by atoms with E-state index in [1.807, 2.05) is 61.7 Å². The van der Waals surface area contributed by atoms with Gasteiger partial charge in [-0.2, -0.15) is 5.10 Å². The summed E-state index contributed by atoms with van der Waals surface area (Å²) in [4.78, 5) is 13.2. The highest BCUT2D eigenvalue weighted by atomic mass is 35.5. The molecule has 0 unspecified atom stereocenters. The summed E-state index contributed by atoms with van der Waals surface area (Å²) in [5, 5.41) is 9.85. The first kappa shape index (κ1) is 21.2. The van der Waals surface area contributed by atoms with Crippen molar-refractivity contribution in [2.45, 2.75) is 27.0 Å². The van der Waals surface area contributed by atoms with Crippen LogP contribution in [0.1, 0.15) is 31.9 Å². The van der Waals surface area contributed by atoms with E-state index in [4.69, 9.17) is 16.3 Å². The third-order valence-electron chi connectivity index (χ3n) is 4.74. The van der Waals surface area contributed by atoms with E-state index < -0.39 is 0 Å². The van der Waals surface area contributed by atoms with E-state index in [0.29, 0.717) is 28.7 Å². The van der Waals surface area contributed by atoms with Gasteiger partial charge in [-0.1, -0.05) is 35.9 Å². The van der Waals surface area contributed by atoms with Gasteiger partial charge in [0.2, 0.25) is 0 Å². The van der Waals surface area contributed by atoms with Crippen LogP contribution in [0.2, 0.25) is 5.02 Å². The molecule has 0 aliphatic heterocycles. The van der Waals surface area contributed by atoms with Crippen molar-refractivity contribution in [1.29, 1.82) is 0 Å². The Morgan fingerprint density at radius 2 is 2.03 bits per heavy atom. The number of halogens is 1. The van der Waals surface area contributed by atoms with Crippen molar-refractivity contribution in [3.05, 3.63) is 98.5 Å². The SMILES string of the molecule is Cc1ccc(C)c(OCc2csc(C(=O)Nc3cnn(Cc4cccc(Cl)c4)c3)c2)c1. The van der Waals surface area contributed by atoms with Gasteiger partial charge >= 0.3 is 0 Å². The highest BCUT2D eigenvalue weighted by Crippen LogP contribution is 2.23. The van der Waals surface area contributed by atoms with Gasteiger partial charge in [-0.25, -0.2) is 0 Å². The van der Waals surface area contributed by atoms with Crippen molar-refractivity contribution in [1.82, 2.24) is 9.78 Å². The lowest BCUT2D eigenvalue weighted by Crippen LogP contribution is -2.09. The summed E-state index contributed by atoms with van der Waals surface area (Å²) < 4.78 is 7.70. The van der Waals surface area contributed by atoms with Crippen molar-refractivity contribution < 1.29 is 9.53 Å². The molecule has 0 fully saturated rings. The fraction of sp³-hybridized carbons (Fsp3) is 0.167. The van der Waals surface area contributed by atoms with E-state index in [0.717, 1.165) is 28.0 Å². The number of carbonyl (C=O) groups is 1. The summed E-state index contributed by atoms with van der Waals surface area (Å²) in [5.41, 5.74) is 4.90. The van der Waals surface area contributed by atoms with Crippen LogP contribution in [0.3, 0.4) is 0 Å². The number of aromatic nitrogens is 2. The molecule has 4 aromatic rings. The minimum atomic E-state index is -0.162. The number of hydrogen-bond acceptors (Lipinski definition) is 4. The second-order valence-electron chi connectivity index (χ2n) is 7.39. The van der Waals surface area contributed by atoms with Crippen molar-refractivity contribution in [2.75, 3.05) is 5.32 Å². The Kier molecular flexibility index (Phi) is 6.39. The predicted octanol–water partition coefficient (Wildman–Crippen LogP) is 6.09. The fourth-order valence-electron chi connectivity index (χ4n) is 3.12. The van der Waals surface area contributed by atoms with Gasteiger partial charge in [-0.15, -0.1) is 11.3 Å². The van der Waals surface area contributed by atoms with Crippen LogP contribution in [0.15, 0.2) is 66.3 Å². The molecule has 0 saturated heterocycles. The summed E-state index contributed by atoms with van der Waals surface area (Å²) in [6, 6.07) is 15.6. The highest BCUT2D eigenvalue weighted by molar-refractivity contribution is 7.12. The Hall–Kier alpha value is -3.09. The molecule has 2 aromatic carbocycles. The molecule has 1 amide bonds. The summed E-state index contributed by atoms with van der Waals surface area (Å²) in [7, 11) is 0. The largest absolute Gasteiger partial charge is 0.489 e. The number of ether oxygens (including phenoxy) is 1. The molecule has 0 radical (unpaired) electrons. The average Bonchev–Trinajstić information content (AvgIpc) is 3.38. The smallest absolute Gasteiger partial charge is 0.265 e. The maximum Gasteiger partial charge on any atom is 0.265 e. The van der Waals surface area contributed by atoms with E-state index in [2.05, 4.69) is 16.5 Å². The highest BCUT2D eigenvalue weighted by Gasteiger charge is 2.12. The molecule has 0 saturated carbocycles. The second kappa shape index (κ2) is 9.37. The molecule has 2 aromatic heterocycles. The summed E-state index contributed by atoms with van der Waals surface area (Å²) in [6.07, 6.45) is 3.44. The maximum atomic E-state index is 12.6. The number of thiophene rings is 1. The molecule has 7 heteroatoms. The number of nitrogens with zero attached hydrogens (tertiary/aromatic N) is 2. The molecule has 0 spiro atoms. The van der Waals surface area contributed by atoms with E-state index in [1.165, 1.54) is 11.3 Å².